The van der Waals surface area contributed by atoms with Crippen LogP contribution in [0.15, 0.2) is 16.9 Å². The molecule has 1 aliphatic heterocycles. The van der Waals surface area contributed by atoms with E-state index in [9.17, 15) is 4.79 Å². The normalized spacial score (nSPS) is 16.2. The summed E-state index contributed by atoms with van der Waals surface area (Å²) in [5.41, 5.74) is 3.84. The summed E-state index contributed by atoms with van der Waals surface area (Å²) in [7, 11) is 1.92. The highest BCUT2D eigenvalue weighted by Gasteiger charge is 2.32. The Morgan fingerprint density at radius 1 is 1.24 bits per heavy atom. The molecular formula is C22H26N8O3. The third-order valence-corrected chi connectivity index (χ3v) is 6.07. The lowest BCUT2D eigenvalue weighted by Crippen LogP contribution is -2.31. The van der Waals surface area contributed by atoms with Crippen LogP contribution in [0.25, 0.3) is 22.6 Å². The van der Waals surface area contributed by atoms with Crippen LogP contribution in [0.5, 0.6) is 5.88 Å². The number of oxazole rings is 1. The van der Waals surface area contributed by atoms with Gasteiger partial charge in [-0.25, -0.2) is 15.0 Å². The molecule has 172 valence electrons. The second kappa shape index (κ2) is 7.98. The first-order chi connectivity index (χ1) is 15.9. The van der Waals surface area contributed by atoms with Crippen LogP contribution in [0.4, 0.5) is 0 Å². The van der Waals surface area contributed by atoms with Gasteiger partial charge in [0.1, 0.15) is 18.3 Å². The summed E-state index contributed by atoms with van der Waals surface area (Å²) < 4.78 is 15.6. The molecule has 5 rings (SSSR count). The van der Waals surface area contributed by atoms with Crippen molar-refractivity contribution in [3.8, 4) is 17.3 Å². The molecule has 0 aliphatic carbocycles. The van der Waals surface area contributed by atoms with Crippen LogP contribution in [0.2, 0.25) is 0 Å². The molecule has 1 atom stereocenters. The molecule has 1 amide bonds. The number of amides is 1. The Hall–Kier alpha value is -3.76. The van der Waals surface area contributed by atoms with E-state index in [1.165, 1.54) is 6.33 Å². The molecule has 1 aliphatic rings. The molecule has 4 aromatic rings. The Bertz CT molecular complexity index is 1350. The predicted molar refractivity (Wildman–Crippen MR) is 119 cm³/mol. The number of rotatable bonds is 5. The summed E-state index contributed by atoms with van der Waals surface area (Å²) >= 11 is 0. The van der Waals surface area contributed by atoms with E-state index >= 15 is 0 Å². The predicted octanol–water partition coefficient (Wildman–Crippen LogP) is 2.45. The summed E-state index contributed by atoms with van der Waals surface area (Å²) in [6.07, 6.45) is 3.78. The molecule has 0 spiro atoms. The van der Waals surface area contributed by atoms with Crippen molar-refractivity contribution >= 4 is 17.1 Å². The number of hydrogen-bond donors (Lipinski definition) is 0. The summed E-state index contributed by atoms with van der Waals surface area (Å²) in [6.45, 7) is 9.37. The van der Waals surface area contributed by atoms with Crippen molar-refractivity contribution in [3.05, 3.63) is 35.6 Å². The van der Waals surface area contributed by atoms with Gasteiger partial charge in [0.05, 0.1) is 24.0 Å². The third kappa shape index (κ3) is 3.53. The molecule has 0 radical (unpaired) electrons. The van der Waals surface area contributed by atoms with Crippen LogP contribution in [-0.2, 0) is 13.6 Å². The van der Waals surface area contributed by atoms with Gasteiger partial charge in [0.15, 0.2) is 17.1 Å². The van der Waals surface area contributed by atoms with Gasteiger partial charge in [-0.15, -0.1) is 0 Å². The molecule has 0 aromatic carbocycles. The first-order valence-electron chi connectivity index (χ1n) is 11.0. The first-order valence-corrected chi connectivity index (χ1v) is 11.0. The van der Waals surface area contributed by atoms with Crippen molar-refractivity contribution in [2.75, 3.05) is 13.1 Å². The highest BCUT2D eigenvalue weighted by Crippen LogP contribution is 2.30. The van der Waals surface area contributed by atoms with E-state index in [1.807, 2.05) is 29.4 Å². The molecule has 0 saturated carbocycles. The van der Waals surface area contributed by atoms with Crippen molar-refractivity contribution in [2.45, 2.75) is 46.8 Å². The maximum Gasteiger partial charge on any atom is 0.291 e. The molecule has 1 unspecified atom stereocenters. The third-order valence-electron chi connectivity index (χ3n) is 6.07. The van der Waals surface area contributed by atoms with Crippen molar-refractivity contribution < 1.29 is 13.9 Å². The number of aromatic nitrogens is 7. The van der Waals surface area contributed by atoms with Gasteiger partial charge in [-0.1, -0.05) is 0 Å². The molecule has 0 bridgehead atoms. The number of fused-ring (bicyclic) bond motifs is 1. The summed E-state index contributed by atoms with van der Waals surface area (Å²) in [4.78, 5) is 32.3. The molecule has 11 heteroatoms. The Morgan fingerprint density at radius 2 is 2.06 bits per heavy atom. The number of imidazole rings is 1. The fraction of sp³-hybridized carbons (Fsp3) is 0.455. The van der Waals surface area contributed by atoms with E-state index in [1.54, 1.807) is 18.7 Å². The van der Waals surface area contributed by atoms with E-state index in [4.69, 9.17) is 14.1 Å². The molecular weight excluding hydrogens is 424 g/mol. The number of aryl methyl sites for hydroxylation is 4. The number of ether oxygens (including phenoxy) is 1. The zero-order valence-corrected chi connectivity index (χ0v) is 19.4. The highest BCUT2D eigenvalue weighted by atomic mass is 16.5. The number of carbonyl (C=O) groups is 1. The summed E-state index contributed by atoms with van der Waals surface area (Å²) in [5.74, 6) is 1.77. The lowest BCUT2D eigenvalue weighted by molar-refractivity contribution is 0.0738. The van der Waals surface area contributed by atoms with Crippen LogP contribution in [0, 0.1) is 20.8 Å². The van der Waals surface area contributed by atoms with Gasteiger partial charge in [-0.05, 0) is 20.8 Å². The van der Waals surface area contributed by atoms with Crippen LogP contribution < -0.4 is 4.74 Å². The molecule has 4 aromatic heterocycles. The van der Waals surface area contributed by atoms with Crippen molar-refractivity contribution in [2.24, 2.45) is 7.05 Å². The molecule has 5 heterocycles. The molecule has 1 saturated heterocycles. The standard InChI is InChI=1S/C22H26N8O3/c1-6-30-13(3)16(9-25-30)19-27-17-20(28(19)5)23-11-24-21(17)33-15-7-8-29(10-15)22(31)18-12(2)26-14(4)32-18/h9,11,15H,6-8,10H2,1-5H3. The SMILES string of the molecule is CCn1ncc(-c2nc3c(OC4CCN(C(=O)c5oc(C)nc5C)C4)ncnc3n2C)c1C. The van der Waals surface area contributed by atoms with Crippen molar-refractivity contribution in [3.63, 3.8) is 0 Å². The van der Waals surface area contributed by atoms with Crippen LogP contribution in [-0.4, -0.2) is 64.3 Å². The van der Waals surface area contributed by atoms with Gasteiger partial charge in [0.25, 0.3) is 5.91 Å². The van der Waals surface area contributed by atoms with Crippen molar-refractivity contribution in [1.82, 2.24) is 39.2 Å². The maximum atomic E-state index is 12.8. The zero-order valence-electron chi connectivity index (χ0n) is 19.4. The first kappa shape index (κ1) is 21.1. The topological polar surface area (TPSA) is 117 Å². The summed E-state index contributed by atoms with van der Waals surface area (Å²) in [5, 5.41) is 4.43. The lowest BCUT2D eigenvalue weighted by atomic mass is 10.2. The minimum absolute atomic E-state index is 0.171. The Labute approximate surface area is 190 Å². The zero-order chi connectivity index (χ0) is 23.3. The Balaban J connectivity index is 1.39. The van der Waals surface area contributed by atoms with E-state index in [-0.39, 0.29) is 17.8 Å². The fourth-order valence-electron chi connectivity index (χ4n) is 4.33. The average molecular weight is 451 g/mol. The van der Waals surface area contributed by atoms with E-state index in [0.717, 1.165) is 23.6 Å². The van der Waals surface area contributed by atoms with Crippen LogP contribution in [0.3, 0.4) is 0 Å². The van der Waals surface area contributed by atoms with E-state index in [0.29, 0.717) is 48.1 Å². The fourth-order valence-corrected chi connectivity index (χ4v) is 4.33. The van der Waals surface area contributed by atoms with E-state index in [2.05, 4.69) is 27.0 Å². The number of hydrogen-bond acceptors (Lipinski definition) is 8. The number of carbonyl (C=O) groups excluding carboxylic acids is 1. The number of nitrogens with zero attached hydrogens (tertiary/aromatic N) is 8. The molecule has 33 heavy (non-hydrogen) atoms. The van der Waals surface area contributed by atoms with Gasteiger partial charge >= 0.3 is 0 Å². The smallest absolute Gasteiger partial charge is 0.291 e. The van der Waals surface area contributed by atoms with Gasteiger partial charge in [-0.3, -0.25) is 9.48 Å². The van der Waals surface area contributed by atoms with Gasteiger partial charge in [0, 0.05) is 39.2 Å². The van der Waals surface area contributed by atoms with Crippen molar-refractivity contribution in [1.29, 1.82) is 0 Å². The molecule has 11 nitrogen and oxygen atoms in total. The lowest BCUT2D eigenvalue weighted by Gasteiger charge is -2.16. The Morgan fingerprint density at radius 3 is 2.76 bits per heavy atom. The Kier molecular flexibility index (Phi) is 5.10. The number of likely N-dealkylation sites (tertiary alicyclic amines) is 1. The highest BCUT2D eigenvalue weighted by molar-refractivity contribution is 5.92. The van der Waals surface area contributed by atoms with Crippen LogP contribution >= 0.6 is 0 Å². The minimum Gasteiger partial charge on any atom is -0.471 e. The maximum absolute atomic E-state index is 12.8. The monoisotopic (exact) mass is 450 g/mol. The largest absolute Gasteiger partial charge is 0.471 e. The molecule has 1 fully saturated rings. The van der Waals surface area contributed by atoms with E-state index < -0.39 is 0 Å². The molecule has 0 N–H and O–H groups in total. The summed E-state index contributed by atoms with van der Waals surface area (Å²) in [6, 6.07) is 0. The second-order valence-electron chi connectivity index (χ2n) is 8.23. The van der Waals surface area contributed by atoms with Crippen LogP contribution in [0.1, 0.15) is 41.2 Å². The quantitative estimate of drug-likeness (QED) is 0.455. The minimum atomic E-state index is -0.202. The average Bonchev–Trinajstić information content (AvgIpc) is 3.55. The van der Waals surface area contributed by atoms with Gasteiger partial charge in [0.2, 0.25) is 11.6 Å². The van der Waals surface area contributed by atoms with Gasteiger partial charge < -0.3 is 18.6 Å². The second-order valence-corrected chi connectivity index (χ2v) is 8.23. The van der Waals surface area contributed by atoms with Gasteiger partial charge in [-0.2, -0.15) is 10.1 Å².